The van der Waals surface area contributed by atoms with Crippen LogP contribution in [0.3, 0.4) is 0 Å². The van der Waals surface area contributed by atoms with E-state index >= 15 is 0 Å². The van der Waals surface area contributed by atoms with Gasteiger partial charge in [-0.3, -0.25) is 9.89 Å². The Morgan fingerprint density at radius 1 is 1.15 bits per heavy atom. The first-order chi connectivity index (χ1) is 12.9. The van der Waals surface area contributed by atoms with Crippen LogP contribution in [0.1, 0.15) is 41.4 Å². The van der Waals surface area contributed by atoms with Gasteiger partial charge < -0.3 is 0 Å². The highest BCUT2D eigenvalue weighted by molar-refractivity contribution is 6.36. The van der Waals surface area contributed by atoms with Crippen molar-refractivity contribution in [3.63, 3.8) is 0 Å². The lowest BCUT2D eigenvalue weighted by molar-refractivity contribution is 0.0950. The number of hydrogen-bond acceptors (Lipinski definition) is 3. The number of benzene rings is 2. The van der Waals surface area contributed by atoms with Crippen molar-refractivity contribution in [1.29, 1.82) is 0 Å². The molecule has 7 heteroatoms. The summed E-state index contributed by atoms with van der Waals surface area (Å²) in [5.74, 6) is 0.0771. The van der Waals surface area contributed by atoms with Crippen LogP contribution < -0.4 is 5.43 Å². The van der Waals surface area contributed by atoms with E-state index in [9.17, 15) is 4.79 Å². The molecular weight excluding hydrogens is 383 g/mol. The van der Waals surface area contributed by atoms with E-state index in [0.717, 1.165) is 5.56 Å². The first kappa shape index (κ1) is 19.1. The van der Waals surface area contributed by atoms with Gasteiger partial charge >= 0.3 is 0 Å². The molecule has 0 spiro atoms. The summed E-state index contributed by atoms with van der Waals surface area (Å²) >= 11 is 12.1. The lowest BCUT2D eigenvalue weighted by Gasteiger charge is -2.04. The van der Waals surface area contributed by atoms with E-state index in [1.54, 1.807) is 30.5 Å². The Bertz CT molecular complexity index is 978. The number of halogens is 2. The molecule has 3 rings (SSSR count). The maximum Gasteiger partial charge on any atom is 0.289 e. The monoisotopic (exact) mass is 400 g/mol. The zero-order valence-corrected chi connectivity index (χ0v) is 16.3. The Hall–Kier alpha value is -2.63. The zero-order valence-electron chi connectivity index (χ0n) is 14.8. The molecule has 2 aromatic carbocycles. The summed E-state index contributed by atoms with van der Waals surface area (Å²) in [7, 11) is 0. The number of aromatic nitrogens is 2. The van der Waals surface area contributed by atoms with Crippen molar-refractivity contribution in [3.05, 3.63) is 75.4 Å². The number of rotatable bonds is 5. The van der Waals surface area contributed by atoms with Gasteiger partial charge in [0.25, 0.3) is 5.91 Å². The highest BCUT2D eigenvalue weighted by Crippen LogP contribution is 2.29. The van der Waals surface area contributed by atoms with E-state index in [2.05, 4.69) is 34.6 Å². The van der Waals surface area contributed by atoms with Gasteiger partial charge in [-0.1, -0.05) is 61.3 Å². The normalized spacial score (nSPS) is 11.3. The first-order valence-corrected chi connectivity index (χ1v) is 9.14. The number of nitrogens with zero attached hydrogens (tertiary/aromatic N) is 2. The molecule has 1 amide bonds. The van der Waals surface area contributed by atoms with Gasteiger partial charge in [-0.15, -0.1) is 0 Å². The Morgan fingerprint density at radius 2 is 1.89 bits per heavy atom. The van der Waals surface area contributed by atoms with E-state index in [-0.39, 0.29) is 5.69 Å². The van der Waals surface area contributed by atoms with Crippen LogP contribution in [0.5, 0.6) is 0 Å². The molecule has 138 valence electrons. The minimum atomic E-state index is -0.395. The number of hydrogen-bond donors (Lipinski definition) is 2. The summed E-state index contributed by atoms with van der Waals surface area (Å²) < 4.78 is 0. The molecule has 1 aromatic heterocycles. The quantitative estimate of drug-likeness (QED) is 0.452. The summed E-state index contributed by atoms with van der Waals surface area (Å²) in [5.41, 5.74) is 6.15. The highest BCUT2D eigenvalue weighted by atomic mass is 35.5. The van der Waals surface area contributed by atoms with Gasteiger partial charge in [-0.05, 0) is 41.3 Å². The van der Waals surface area contributed by atoms with Crippen LogP contribution in [0, 0.1) is 0 Å². The van der Waals surface area contributed by atoms with Crippen molar-refractivity contribution in [1.82, 2.24) is 15.6 Å². The first-order valence-electron chi connectivity index (χ1n) is 8.38. The molecule has 0 unspecified atom stereocenters. The van der Waals surface area contributed by atoms with Crippen LogP contribution in [0.4, 0.5) is 0 Å². The summed E-state index contributed by atoms with van der Waals surface area (Å²) in [6, 6.07) is 14.7. The third-order valence-corrected chi connectivity index (χ3v) is 4.56. The van der Waals surface area contributed by atoms with Gasteiger partial charge in [0.2, 0.25) is 0 Å². The molecular formula is C20H18Cl2N4O. The van der Waals surface area contributed by atoms with Crippen molar-refractivity contribution in [2.75, 3.05) is 0 Å². The van der Waals surface area contributed by atoms with Crippen molar-refractivity contribution in [2.24, 2.45) is 5.10 Å². The molecule has 0 atom stereocenters. The Kier molecular flexibility index (Phi) is 5.94. The Morgan fingerprint density at radius 3 is 2.56 bits per heavy atom. The number of aromatic amines is 1. The average Bonchev–Trinajstić information content (AvgIpc) is 3.12. The molecule has 0 aliphatic carbocycles. The SMILES string of the molecule is CC(C)c1ccc(/C=N/NC(=O)c2cc(-c3ccc(Cl)cc3Cl)n[nH]2)cc1. The van der Waals surface area contributed by atoms with Crippen LogP contribution in [0.25, 0.3) is 11.3 Å². The van der Waals surface area contributed by atoms with Gasteiger partial charge in [-0.25, -0.2) is 5.43 Å². The molecule has 0 fully saturated rings. The number of hydrazone groups is 1. The minimum Gasteiger partial charge on any atom is -0.272 e. The van der Waals surface area contributed by atoms with Crippen molar-refractivity contribution in [2.45, 2.75) is 19.8 Å². The molecule has 0 saturated carbocycles. The topological polar surface area (TPSA) is 70.1 Å². The van der Waals surface area contributed by atoms with Gasteiger partial charge in [0.05, 0.1) is 16.9 Å². The Balaban J connectivity index is 1.65. The fourth-order valence-electron chi connectivity index (χ4n) is 2.47. The molecule has 1 heterocycles. The van der Waals surface area contributed by atoms with Gasteiger partial charge in [-0.2, -0.15) is 10.2 Å². The minimum absolute atomic E-state index is 0.281. The molecule has 27 heavy (non-hydrogen) atoms. The van der Waals surface area contributed by atoms with Gasteiger partial charge in [0, 0.05) is 10.6 Å². The lowest BCUT2D eigenvalue weighted by atomic mass is 10.0. The van der Waals surface area contributed by atoms with Crippen molar-refractivity contribution >= 4 is 35.3 Å². The number of nitrogens with one attached hydrogen (secondary N) is 2. The maximum atomic E-state index is 12.2. The largest absolute Gasteiger partial charge is 0.289 e. The number of carbonyl (C=O) groups is 1. The molecule has 2 N–H and O–H groups in total. The van der Waals surface area contributed by atoms with E-state index in [4.69, 9.17) is 23.2 Å². The molecule has 3 aromatic rings. The number of carbonyl (C=O) groups excluding carboxylic acids is 1. The molecule has 0 radical (unpaired) electrons. The summed E-state index contributed by atoms with van der Waals surface area (Å²) in [5, 5.41) is 11.8. The molecule has 5 nitrogen and oxygen atoms in total. The van der Waals surface area contributed by atoms with E-state index in [1.165, 1.54) is 5.56 Å². The second-order valence-corrected chi connectivity index (χ2v) is 7.16. The van der Waals surface area contributed by atoms with E-state index < -0.39 is 5.91 Å². The zero-order chi connectivity index (χ0) is 19.4. The van der Waals surface area contributed by atoms with Crippen molar-refractivity contribution < 1.29 is 4.79 Å². The van der Waals surface area contributed by atoms with Crippen molar-refractivity contribution in [3.8, 4) is 11.3 Å². The second-order valence-electron chi connectivity index (χ2n) is 6.31. The number of amides is 1. The fourth-order valence-corrected chi connectivity index (χ4v) is 2.97. The maximum absolute atomic E-state index is 12.2. The fraction of sp³-hybridized carbons (Fsp3) is 0.150. The predicted molar refractivity (Wildman–Crippen MR) is 110 cm³/mol. The van der Waals surface area contributed by atoms with E-state index in [0.29, 0.717) is 27.2 Å². The van der Waals surface area contributed by atoms with Crippen LogP contribution in [-0.4, -0.2) is 22.3 Å². The molecule has 0 aliphatic heterocycles. The van der Waals surface area contributed by atoms with E-state index in [1.807, 2.05) is 24.3 Å². The van der Waals surface area contributed by atoms with Crippen LogP contribution in [0.15, 0.2) is 53.6 Å². The summed E-state index contributed by atoms with van der Waals surface area (Å²) in [4.78, 5) is 12.2. The lowest BCUT2D eigenvalue weighted by Crippen LogP contribution is -2.18. The van der Waals surface area contributed by atoms with Gasteiger partial charge in [0.1, 0.15) is 5.69 Å². The highest BCUT2D eigenvalue weighted by Gasteiger charge is 2.12. The molecule has 0 aliphatic rings. The third kappa shape index (κ3) is 4.76. The van der Waals surface area contributed by atoms with Crippen LogP contribution >= 0.6 is 23.2 Å². The van der Waals surface area contributed by atoms with Gasteiger partial charge in [0.15, 0.2) is 0 Å². The molecule has 0 bridgehead atoms. The second kappa shape index (κ2) is 8.37. The average molecular weight is 401 g/mol. The van der Waals surface area contributed by atoms with Crippen LogP contribution in [0.2, 0.25) is 10.0 Å². The Labute approximate surface area is 167 Å². The third-order valence-electron chi connectivity index (χ3n) is 4.01. The molecule has 0 saturated heterocycles. The smallest absolute Gasteiger partial charge is 0.272 e. The standard InChI is InChI=1S/C20H18Cl2N4O/c1-12(2)14-5-3-13(4-6-14)11-23-26-20(27)19-10-18(24-25-19)16-8-7-15(21)9-17(16)22/h3-12H,1-2H3,(H,24,25)(H,26,27)/b23-11+. The predicted octanol–water partition coefficient (Wildman–Crippen LogP) is 5.27. The number of H-pyrrole nitrogens is 1. The summed E-state index contributed by atoms with van der Waals surface area (Å²) in [6.45, 7) is 4.28. The van der Waals surface area contributed by atoms with Crippen LogP contribution in [-0.2, 0) is 0 Å². The summed E-state index contributed by atoms with van der Waals surface area (Å²) in [6.07, 6.45) is 1.59.